The van der Waals surface area contributed by atoms with Gasteiger partial charge in [0.25, 0.3) is 0 Å². The molecule has 0 fully saturated rings. The van der Waals surface area contributed by atoms with Gasteiger partial charge in [-0.2, -0.15) is 0 Å². The monoisotopic (exact) mass is 378 g/mol. The molecule has 3 aromatic rings. The van der Waals surface area contributed by atoms with E-state index in [2.05, 4.69) is 69.3 Å². The topological polar surface area (TPSA) is 9.23 Å². The highest BCUT2D eigenvalue weighted by Crippen LogP contribution is 2.26. The molecule has 0 heterocycles. The highest BCUT2D eigenvalue weighted by Gasteiger charge is 2.13. The molecule has 0 bridgehead atoms. The summed E-state index contributed by atoms with van der Waals surface area (Å²) in [5, 5.41) is 0. The van der Waals surface area contributed by atoms with Crippen LogP contribution in [0.3, 0.4) is 0 Å². The Bertz CT molecular complexity index is 861. The summed E-state index contributed by atoms with van der Waals surface area (Å²) in [5.41, 5.74) is 6.29. The Labute approximate surface area is 168 Å². The van der Waals surface area contributed by atoms with Crippen LogP contribution >= 0.6 is 11.6 Å². The molecule has 140 valence electrons. The maximum absolute atomic E-state index is 6.18. The number of halogens is 1. The largest absolute Gasteiger partial charge is 0.489 e. The number of ether oxygens (including phenoxy) is 1. The van der Waals surface area contributed by atoms with E-state index in [0.717, 1.165) is 23.3 Å². The minimum absolute atomic E-state index is 0.183. The van der Waals surface area contributed by atoms with Crippen LogP contribution in [0.25, 0.3) is 0 Å². The number of hydrogen-bond acceptors (Lipinski definition) is 1. The maximum atomic E-state index is 6.18. The van der Waals surface area contributed by atoms with Gasteiger partial charge in [-0.3, -0.25) is 0 Å². The van der Waals surface area contributed by atoms with Crippen LogP contribution in [0.15, 0.2) is 72.8 Å². The van der Waals surface area contributed by atoms with Gasteiger partial charge < -0.3 is 4.74 Å². The van der Waals surface area contributed by atoms with Crippen molar-refractivity contribution in [1.82, 2.24) is 0 Å². The Kier molecular flexibility index (Phi) is 6.23. The van der Waals surface area contributed by atoms with Crippen molar-refractivity contribution in [1.29, 1.82) is 0 Å². The second-order valence-electron chi connectivity index (χ2n) is 7.97. The summed E-state index contributed by atoms with van der Waals surface area (Å²) in [5.74, 6) is 1.31. The van der Waals surface area contributed by atoms with Crippen LogP contribution in [-0.2, 0) is 24.3 Å². The standard InChI is InChI=1S/C25H27ClO/c1-25(2,3)23-12-9-19(10-13-23)15-21-11-14-24(22(16-21)17-26)27-18-20-7-5-4-6-8-20/h4-14,16H,15,17-18H2,1-3H3. The first-order valence-electron chi connectivity index (χ1n) is 9.39. The first-order chi connectivity index (χ1) is 13.0. The molecule has 3 aromatic carbocycles. The van der Waals surface area contributed by atoms with Crippen molar-refractivity contribution in [3.05, 3.63) is 101 Å². The lowest BCUT2D eigenvalue weighted by atomic mass is 9.86. The second kappa shape index (κ2) is 8.63. The molecule has 1 nitrogen and oxygen atoms in total. The summed E-state index contributed by atoms with van der Waals surface area (Å²) in [6.07, 6.45) is 0.896. The number of hydrogen-bond donors (Lipinski definition) is 0. The summed E-state index contributed by atoms with van der Waals surface area (Å²) < 4.78 is 5.99. The quantitative estimate of drug-likeness (QED) is 0.424. The van der Waals surface area contributed by atoms with Crippen LogP contribution < -0.4 is 4.74 Å². The maximum Gasteiger partial charge on any atom is 0.124 e. The number of alkyl halides is 1. The first kappa shape index (κ1) is 19.5. The molecular weight excluding hydrogens is 352 g/mol. The lowest BCUT2D eigenvalue weighted by Gasteiger charge is -2.19. The molecule has 0 saturated carbocycles. The summed E-state index contributed by atoms with van der Waals surface area (Å²) >= 11 is 6.18. The average molecular weight is 379 g/mol. The van der Waals surface area contributed by atoms with E-state index in [0.29, 0.717) is 12.5 Å². The second-order valence-corrected chi connectivity index (χ2v) is 8.24. The van der Waals surface area contributed by atoms with Crippen molar-refractivity contribution >= 4 is 11.6 Å². The fourth-order valence-electron chi connectivity index (χ4n) is 3.08. The predicted octanol–water partition coefficient (Wildman–Crippen LogP) is 6.89. The molecule has 0 atom stereocenters. The smallest absolute Gasteiger partial charge is 0.124 e. The summed E-state index contributed by atoms with van der Waals surface area (Å²) in [6.45, 7) is 7.27. The van der Waals surface area contributed by atoms with E-state index < -0.39 is 0 Å². The molecular formula is C25H27ClO. The molecule has 2 heteroatoms. The van der Waals surface area contributed by atoms with E-state index >= 15 is 0 Å². The van der Waals surface area contributed by atoms with E-state index in [4.69, 9.17) is 16.3 Å². The van der Waals surface area contributed by atoms with Crippen LogP contribution in [0, 0.1) is 0 Å². The van der Waals surface area contributed by atoms with Crippen LogP contribution in [0.5, 0.6) is 5.75 Å². The Morgan fingerprint density at radius 2 is 1.44 bits per heavy atom. The Morgan fingerprint density at radius 3 is 2.07 bits per heavy atom. The fourth-order valence-corrected chi connectivity index (χ4v) is 3.29. The van der Waals surface area contributed by atoms with Gasteiger partial charge >= 0.3 is 0 Å². The molecule has 0 amide bonds. The van der Waals surface area contributed by atoms with Crippen LogP contribution in [-0.4, -0.2) is 0 Å². The molecule has 3 rings (SSSR count). The van der Waals surface area contributed by atoms with E-state index in [-0.39, 0.29) is 5.41 Å². The molecule has 0 aliphatic carbocycles. The van der Waals surface area contributed by atoms with Gasteiger partial charge in [0, 0.05) is 5.56 Å². The normalized spacial score (nSPS) is 11.4. The molecule has 0 aliphatic heterocycles. The third-order valence-electron chi connectivity index (χ3n) is 4.73. The van der Waals surface area contributed by atoms with Crippen molar-refractivity contribution in [3.63, 3.8) is 0 Å². The number of rotatable bonds is 6. The fraction of sp³-hybridized carbons (Fsp3) is 0.280. The lowest BCUT2D eigenvalue weighted by Crippen LogP contribution is -2.10. The van der Waals surface area contributed by atoms with Gasteiger partial charge in [0.2, 0.25) is 0 Å². The SMILES string of the molecule is CC(C)(C)c1ccc(Cc2ccc(OCc3ccccc3)c(CCl)c2)cc1. The van der Waals surface area contributed by atoms with Gasteiger partial charge in [0.15, 0.2) is 0 Å². The van der Waals surface area contributed by atoms with Crippen molar-refractivity contribution in [2.75, 3.05) is 0 Å². The minimum atomic E-state index is 0.183. The zero-order valence-electron chi connectivity index (χ0n) is 16.3. The molecule has 0 unspecified atom stereocenters. The highest BCUT2D eigenvalue weighted by atomic mass is 35.5. The van der Waals surface area contributed by atoms with E-state index in [9.17, 15) is 0 Å². The first-order valence-corrected chi connectivity index (χ1v) is 9.93. The predicted molar refractivity (Wildman–Crippen MR) is 115 cm³/mol. The van der Waals surface area contributed by atoms with Gasteiger partial charge in [-0.15, -0.1) is 11.6 Å². The third-order valence-corrected chi connectivity index (χ3v) is 5.02. The van der Waals surface area contributed by atoms with Crippen LogP contribution in [0.2, 0.25) is 0 Å². The minimum Gasteiger partial charge on any atom is -0.489 e. The molecule has 0 aromatic heterocycles. The summed E-state index contributed by atoms with van der Waals surface area (Å²) in [6, 6.07) is 25.4. The van der Waals surface area contributed by atoms with Crippen molar-refractivity contribution < 1.29 is 4.74 Å². The van der Waals surface area contributed by atoms with Gasteiger partial charge in [0.1, 0.15) is 12.4 Å². The number of benzene rings is 3. The molecule has 0 saturated heterocycles. The Hall–Kier alpha value is -2.25. The molecule has 0 aliphatic rings. The van der Waals surface area contributed by atoms with Crippen LogP contribution in [0.4, 0.5) is 0 Å². The van der Waals surface area contributed by atoms with Crippen molar-refractivity contribution in [2.24, 2.45) is 0 Å². The Balaban J connectivity index is 1.70. The van der Waals surface area contributed by atoms with Gasteiger partial charge in [-0.1, -0.05) is 87.5 Å². The van der Waals surface area contributed by atoms with E-state index in [1.807, 2.05) is 24.3 Å². The van der Waals surface area contributed by atoms with Gasteiger partial charge in [-0.25, -0.2) is 0 Å². The molecule has 0 spiro atoms. The van der Waals surface area contributed by atoms with Gasteiger partial charge in [0.05, 0.1) is 5.88 Å². The van der Waals surface area contributed by atoms with Crippen molar-refractivity contribution in [3.8, 4) is 5.75 Å². The van der Waals surface area contributed by atoms with Crippen molar-refractivity contribution in [2.45, 2.75) is 45.1 Å². The van der Waals surface area contributed by atoms with Crippen LogP contribution in [0.1, 0.15) is 48.6 Å². The third kappa shape index (κ3) is 5.37. The lowest BCUT2D eigenvalue weighted by molar-refractivity contribution is 0.304. The van der Waals surface area contributed by atoms with Gasteiger partial charge in [-0.05, 0) is 40.2 Å². The molecule has 0 radical (unpaired) electrons. The highest BCUT2D eigenvalue weighted by molar-refractivity contribution is 6.17. The molecule has 0 N–H and O–H groups in total. The average Bonchev–Trinajstić information content (AvgIpc) is 2.67. The molecule has 27 heavy (non-hydrogen) atoms. The Morgan fingerprint density at radius 1 is 0.778 bits per heavy atom. The summed E-state index contributed by atoms with van der Waals surface area (Å²) in [4.78, 5) is 0. The summed E-state index contributed by atoms with van der Waals surface area (Å²) in [7, 11) is 0. The zero-order valence-corrected chi connectivity index (χ0v) is 17.1. The zero-order chi connectivity index (χ0) is 19.3. The van der Waals surface area contributed by atoms with E-state index in [1.54, 1.807) is 0 Å². The van der Waals surface area contributed by atoms with E-state index in [1.165, 1.54) is 16.7 Å².